The third-order valence-corrected chi connectivity index (χ3v) is 5.87. The van der Waals surface area contributed by atoms with Crippen molar-refractivity contribution in [3.63, 3.8) is 0 Å². The standard InChI is InChI=1S/C28H26F3N5O4/c29-28(30,31)40-23-9-4-8-21(16-23)10-11-25(37)24-19-36(34-33-24)14-5-13-35-15-12-22(18-27(35)39)32-26(38)17-20-6-2-1-3-7-20/h1-4,6-9,12,15-16,18-19H,5,10-11,13-14,17H2,(H,32,38). The van der Waals surface area contributed by atoms with Gasteiger partial charge in [0.25, 0.3) is 5.56 Å². The fraction of sp³-hybridized carbons (Fsp3) is 0.250. The molecular formula is C28H26F3N5O4. The molecule has 0 spiro atoms. The van der Waals surface area contributed by atoms with E-state index in [0.717, 1.165) is 5.56 Å². The number of aryl methyl sites for hydroxylation is 3. The first-order chi connectivity index (χ1) is 19.1. The lowest BCUT2D eigenvalue weighted by atomic mass is 10.1. The van der Waals surface area contributed by atoms with Gasteiger partial charge in [-0.15, -0.1) is 18.3 Å². The first-order valence-electron chi connectivity index (χ1n) is 12.5. The van der Waals surface area contributed by atoms with E-state index in [4.69, 9.17) is 0 Å². The summed E-state index contributed by atoms with van der Waals surface area (Å²) in [5, 5.41) is 10.6. The third kappa shape index (κ3) is 8.65. The van der Waals surface area contributed by atoms with E-state index < -0.39 is 6.36 Å². The number of Topliss-reactive ketones (excluding diaryl/α,β-unsaturated/α-hetero) is 1. The quantitative estimate of drug-likeness (QED) is 0.260. The summed E-state index contributed by atoms with van der Waals surface area (Å²) in [7, 11) is 0. The van der Waals surface area contributed by atoms with Crippen LogP contribution in [0.2, 0.25) is 0 Å². The van der Waals surface area contributed by atoms with E-state index in [9.17, 15) is 27.6 Å². The van der Waals surface area contributed by atoms with E-state index in [-0.39, 0.29) is 48.0 Å². The number of nitrogens with one attached hydrogen (secondary N) is 1. The molecule has 0 aliphatic heterocycles. The Bertz CT molecular complexity index is 1520. The number of pyridine rings is 1. The average molecular weight is 554 g/mol. The van der Waals surface area contributed by atoms with Crippen LogP contribution in [0.1, 0.15) is 34.5 Å². The van der Waals surface area contributed by atoms with Crippen molar-refractivity contribution in [2.45, 2.75) is 45.1 Å². The number of rotatable bonds is 12. The van der Waals surface area contributed by atoms with Crippen molar-refractivity contribution in [3.8, 4) is 5.75 Å². The van der Waals surface area contributed by atoms with Crippen molar-refractivity contribution in [1.29, 1.82) is 0 Å². The van der Waals surface area contributed by atoms with Crippen LogP contribution in [0.25, 0.3) is 0 Å². The summed E-state index contributed by atoms with van der Waals surface area (Å²) < 4.78 is 44.1. The molecule has 40 heavy (non-hydrogen) atoms. The number of nitrogens with zero attached hydrogens (tertiary/aromatic N) is 4. The Morgan fingerprint density at radius 2 is 1.73 bits per heavy atom. The van der Waals surface area contributed by atoms with E-state index in [0.29, 0.717) is 30.8 Å². The zero-order valence-electron chi connectivity index (χ0n) is 21.3. The second kappa shape index (κ2) is 12.9. The van der Waals surface area contributed by atoms with Crippen LogP contribution in [0.15, 0.2) is 83.9 Å². The molecule has 0 aliphatic rings. The Morgan fingerprint density at radius 1 is 0.950 bits per heavy atom. The van der Waals surface area contributed by atoms with Crippen LogP contribution < -0.4 is 15.6 Å². The molecule has 2 aromatic heterocycles. The molecule has 0 atom stereocenters. The van der Waals surface area contributed by atoms with Gasteiger partial charge in [0.05, 0.1) is 12.6 Å². The number of benzene rings is 2. The Labute approximate surface area is 227 Å². The van der Waals surface area contributed by atoms with Crippen LogP contribution in [0, 0.1) is 0 Å². The molecule has 0 fully saturated rings. The van der Waals surface area contributed by atoms with Gasteiger partial charge in [-0.25, -0.2) is 0 Å². The highest BCUT2D eigenvalue weighted by atomic mass is 19.4. The smallest absolute Gasteiger partial charge is 0.406 e. The zero-order chi connectivity index (χ0) is 28.5. The Kier molecular flexibility index (Phi) is 9.10. The molecule has 4 rings (SSSR count). The molecule has 0 aliphatic carbocycles. The van der Waals surface area contributed by atoms with Crippen molar-refractivity contribution in [3.05, 3.63) is 106 Å². The van der Waals surface area contributed by atoms with Crippen LogP contribution in [0.5, 0.6) is 5.75 Å². The van der Waals surface area contributed by atoms with Crippen LogP contribution in [-0.2, 0) is 30.7 Å². The Balaban J connectivity index is 1.23. The highest BCUT2D eigenvalue weighted by Crippen LogP contribution is 2.24. The van der Waals surface area contributed by atoms with E-state index in [2.05, 4.69) is 20.4 Å². The van der Waals surface area contributed by atoms with Gasteiger partial charge in [-0.05, 0) is 42.2 Å². The topological polar surface area (TPSA) is 108 Å². The number of hydrogen-bond donors (Lipinski definition) is 1. The minimum atomic E-state index is -4.79. The summed E-state index contributed by atoms with van der Waals surface area (Å²) in [5.74, 6) is -0.858. The first kappa shape index (κ1) is 28.3. The van der Waals surface area contributed by atoms with E-state index in [1.165, 1.54) is 39.7 Å². The molecule has 2 aromatic carbocycles. The predicted octanol–water partition coefficient (Wildman–Crippen LogP) is 4.43. The second-order valence-corrected chi connectivity index (χ2v) is 9.00. The fourth-order valence-corrected chi connectivity index (χ4v) is 3.98. The maximum absolute atomic E-state index is 12.5. The van der Waals surface area contributed by atoms with Gasteiger partial charge in [0.2, 0.25) is 5.91 Å². The van der Waals surface area contributed by atoms with Gasteiger partial charge >= 0.3 is 6.36 Å². The van der Waals surface area contributed by atoms with Gasteiger partial charge in [0.15, 0.2) is 5.78 Å². The Hall–Kier alpha value is -4.74. The molecule has 2 heterocycles. The number of amides is 1. The maximum atomic E-state index is 12.5. The number of halogens is 3. The van der Waals surface area contributed by atoms with Crippen LogP contribution in [0.4, 0.5) is 18.9 Å². The predicted molar refractivity (Wildman–Crippen MR) is 140 cm³/mol. The van der Waals surface area contributed by atoms with E-state index in [1.807, 2.05) is 30.3 Å². The molecule has 1 amide bonds. The highest BCUT2D eigenvalue weighted by Gasteiger charge is 2.31. The summed E-state index contributed by atoms with van der Waals surface area (Å²) in [6, 6.07) is 17.8. The lowest BCUT2D eigenvalue weighted by Gasteiger charge is -2.09. The van der Waals surface area contributed by atoms with Gasteiger partial charge in [-0.3, -0.25) is 19.1 Å². The number of aromatic nitrogens is 4. The van der Waals surface area contributed by atoms with Crippen molar-refractivity contribution >= 4 is 17.4 Å². The second-order valence-electron chi connectivity index (χ2n) is 9.00. The summed E-state index contributed by atoms with van der Waals surface area (Å²) in [6.45, 7) is 0.787. The normalized spacial score (nSPS) is 11.3. The lowest BCUT2D eigenvalue weighted by Crippen LogP contribution is -2.22. The van der Waals surface area contributed by atoms with Gasteiger partial charge < -0.3 is 14.6 Å². The van der Waals surface area contributed by atoms with Crippen molar-refractivity contribution in [2.24, 2.45) is 0 Å². The highest BCUT2D eigenvalue weighted by molar-refractivity contribution is 5.94. The number of alkyl halides is 3. The SMILES string of the molecule is O=C(Cc1ccccc1)Nc1ccn(CCCn2cc(C(=O)CCc3cccc(OC(F)(F)F)c3)nn2)c(=O)c1. The summed E-state index contributed by atoms with van der Waals surface area (Å²) >= 11 is 0. The van der Waals surface area contributed by atoms with Gasteiger partial charge in [0, 0.05) is 37.5 Å². The summed E-state index contributed by atoms with van der Waals surface area (Å²) in [6.07, 6.45) is -0.696. The molecule has 12 heteroatoms. The maximum Gasteiger partial charge on any atom is 0.573 e. The van der Waals surface area contributed by atoms with Crippen LogP contribution >= 0.6 is 0 Å². The van der Waals surface area contributed by atoms with Crippen molar-refractivity contribution in [2.75, 3.05) is 5.32 Å². The van der Waals surface area contributed by atoms with Crippen LogP contribution in [0.3, 0.4) is 0 Å². The van der Waals surface area contributed by atoms with Gasteiger partial charge in [0.1, 0.15) is 11.4 Å². The molecule has 0 saturated heterocycles. The van der Waals surface area contributed by atoms with E-state index >= 15 is 0 Å². The van der Waals surface area contributed by atoms with Crippen molar-refractivity contribution in [1.82, 2.24) is 19.6 Å². The van der Waals surface area contributed by atoms with Crippen molar-refractivity contribution < 1.29 is 27.5 Å². The number of ether oxygens (including phenoxy) is 1. The third-order valence-electron chi connectivity index (χ3n) is 5.87. The first-order valence-corrected chi connectivity index (χ1v) is 12.5. The van der Waals surface area contributed by atoms with Gasteiger partial charge in [-0.2, -0.15) is 0 Å². The molecule has 1 N–H and O–H groups in total. The number of ketones is 1. The largest absolute Gasteiger partial charge is 0.573 e. The number of hydrogen-bond acceptors (Lipinski definition) is 6. The monoisotopic (exact) mass is 553 g/mol. The van der Waals surface area contributed by atoms with Crippen LogP contribution in [-0.4, -0.2) is 37.6 Å². The fourth-order valence-electron chi connectivity index (χ4n) is 3.98. The van der Waals surface area contributed by atoms with E-state index in [1.54, 1.807) is 18.3 Å². The molecule has 4 aromatic rings. The molecular weight excluding hydrogens is 527 g/mol. The number of carbonyl (C=O) groups excluding carboxylic acids is 2. The average Bonchev–Trinajstić information content (AvgIpc) is 3.37. The summed E-state index contributed by atoms with van der Waals surface area (Å²) in [4.78, 5) is 37.2. The molecule has 208 valence electrons. The molecule has 0 radical (unpaired) electrons. The molecule has 0 bridgehead atoms. The van der Waals surface area contributed by atoms with Gasteiger partial charge in [-0.1, -0.05) is 47.7 Å². The lowest BCUT2D eigenvalue weighted by molar-refractivity contribution is -0.274. The zero-order valence-corrected chi connectivity index (χ0v) is 21.3. The minimum absolute atomic E-state index is 0.0395. The number of anilines is 1. The summed E-state index contributed by atoms with van der Waals surface area (Å²) in [5.41, 5.74) is 1.69. The molecule has 0 unspecified atom stereocenters. The minimum Gasteiger partial charge on any atom is -0.406 e. The Morgan fingerprint density at radius 3 is 2.48 bits per heavy atom. The number of carbonyl (C=O) groups is 2. The molecule has 9 nitrogen and oxygen atoms in total. The molecule has 0 saturated carbocycles.